The molecule has 0 aliphatic carbocycles. The van der Waals surface area contributed by atoms with Gasteiger partial charge in [-0.1, -0.05) is 26.0 Å². The number of nitrogens with zero attached hydrogens (tertiary/aromatic N) is 2. The number of amides is 2. The highest BCUT2D eigenvalue weighted by atomic mass is 19.1. The summed E-state index contributed by atoms with van der Waals surface area (Å²) in [5.74, 6) is -0.300. The number of nitrogens with two attached hydrogens (primary N) is 1. The number of primary amides is 1. The van der Waals surface area contributed by atoms with Crippen LogP contribution in [-0.4, -0.2) is 47.3 Å². The topological polar surface area (TPSA) is 66.6 Å². The Labute approximate surface area is 149 Å². The van der Waals surface area contributed by atoms with Crippen molar-refractivity contribution in [2.75, 3.05) is 19.6 Å². The van der Waals surface area contributed by atoms with Crippen molar-refractivity contribution in [2.24, 2.45) is 11.7 Å². The van der Waals surface area contributed by atoms with Gasteiger partial charge < -0.3 is 10.6 Å². The van der Waals surface area contributed by atoms with Gasteiger partial charge in [0, 0.05) is 45.1 Å². The molecule has 0 radical (unpaired) electrons. The maximum Gasteiger partial charge on any atom is 0.223 e. The summed E-state index contributed by atoms with van der Waals surface area (Å²) in [7, 11) is 0. The van der Waals surface area contributed by atoms with Crippen LogP contribution >= 0.6 is 0 Å². The molecule has 1 aromatic carbocycles. The number of carbonyl (C=O) groups is 2. The molecule has 138 valence electrons. The van der Waals surface area contributed by atoms with Crippen molar-refractivity contribution in [1.29, 1.82) is 0 Å². The molecule has 5 nitrogen and oxygen atoms in total. The van der Waals surface area contributed by atoms with E-state index >= 15 is 0 Å². The largest absolute Gasteiger partial charge is 0.370 e. The fourth-order valence-electron chi connectivity index (χ4n) is 3.33. The molecule has 1 fully saturated rings. The molecule has 25 heavy (non-hydrogen) atoms. The summed E-state index contributed by atoms with van der Waals surface area (Å²) in [4.78, 5) is 27.5. The maximum atomic E-state index is 13.1. The SMILES string of the molecule is CC(C)[C@H]1CN(C(=O)CCC(N)=O)CCCN1Cc1ccc(F)cc1. The van der Waals surface area contributed by atoms with Crippen LogP contribution in [-0.2, 0) is 16.1 Å². The zero-order valence-electron chi connectivity index (χ0n) is 15.1. The van der Waals surface area contributed by atoms with Crippen molar-refractivity contribution < 1.29 is 14.0 Å². The first-order chi connectivity index (χ1) is 11.9. The lowest BCUT2D eigenvalue weighted by Crippen LogP contribution is -2.45. The Bertz CT molecular complexity index is 589. The van der Waals surface area contributed by atoms with E-state index < -0.39 is 5.91 Å². The highest BCUT2D eigenvalue weighted by Gasteiger charge is 2.29. The number of halogens is 1. The molecule has 1 aromatic rings. The van der Waals surface area contributed by atoms with E-state index in [0.29, 0.717) is 19.0 Å². The van der Waals surface area contributed by atoms with Gasteiger partial charge in [-0.25, -0.2) is 4.39 Å². The summed E-state index contributed by atoms with van der Waals surface area (Å²) in [5.41, 5.74) is 6.22. The molecule has 0 saturated carbocycles. The molecule has 0 unspecified atom stereocenters. The third kappa shape index (κ3) is 5.81. The summed E-state index contributed by atoms with van der Waals surface area (Å²) in [6.07, 6.45) is 1.16. The smallest absolute Gasteiger partial charge is 0.223 e. The van der Waals surface area contributed by atoms with Gasteiger partial charge in [0.1, 0.15) is 5.82 Å². The van der Waals surface area contributed by atoms with E-state index in [1.54, 1.807) is 0 Å². The van der Waals surface area contributed by atoms with Crippen molar-refractivity contribution in [1.82, 2.24) is 9.80 Å². The summed E-state index contributed by atoms with van der Waals surface area (Å²) in [6.45, 7) is 7.28. The number of benzene rings is 1. The van der Waals surface area contributed by atoms with Crippen molar-refractivity contribution in [3.05, 3.63) is 35.6 Å². The molecule has 6 heteroatoms. The monoisotopic (exact) mass is 349 g/mol. The summed E-state index contributed by atoms with van der Waals surface area (Å²) in [6, 6.07) is 6.82. The van der Waals surface area contributed by atoms with E-state index in [-0.39, 0.29) is 30.6 Å². The average Bonchev–Trinajstić information content (AvgIpc) is 2.77. The molecule has 1 saturated heterocycles. The van der Waals surface area contributed by atoms with Crippen LogP contribution in [0.2, 0.25) is 0 Å². The number of hydrogen-bond donors (Lipinski definition) is 1. The second-order valence-corrected chi connectivity index (χ2v) is 7.07. The lowest BCUT2D eigenvalue weighted by atomic mass is 10.0. The number of hydrogen-bond acceptors (Lipinski definition) is 3. The van der Waals surface area contributed by atoms with Gasteiger partial charge in [-0.3, -0.25) is 14.5 Å². The molecule has 1 aliphatic rings. The standard InChI is InChI=1S/C19H28FN3O2/c1-14(2)17-13-23(19(25)9-8-18(21)24)11-3-10-22(17)12-15-4-6-16(20)7-5-15/h4-7,14,17H,3,8-13H2,1-2H3,(H2,21,24)/t17-/m1/s1. The van der Waals surface area contributed by atoms with E-state index in [4.69, 9.17) is 5.73 Å². The minimum absolute atomic E-state index is 0.00641. The molecule has 0 spiro atoms. The Morgan fingerprint density at radius 3 is 2.48 bits per heavy atom. The molecule has 1 atom stereocenters. The van der Waals surface area contributed by atoms with Gasteiger partial charge in [0.25, 0.3) is 0 Å². The molecule has 2 rings (SSSR count). The van der Waals surface area contributed by atoms with Gasteiger partial charge >= 0.3 is 0 Å². The number of rotatable bonds is 6. The zero-order valence-corrected chi connectivity index (χ0v) is 15.1. The van der Waals surface area contributed by atoms with Crippen molar-refractivity contribution in [2.45, 2.75) is 45.7 Å². The molecule has 2 amide bonds. The molecule has 0 bridgehead atoms. The Morgan fingerprint density at radius 2 is 1.88 bits per heavy atom. The van der Waals surface area contributed by atoms with E-state index in [1.807, 2.05) is 17.0 Å². The van der Waals surface area contributed by atoms with Crippen LogP contribution in [0.15, 0.2) is 24.3 Å². The predicted molar refractivity (Wildman–Crippen MR) is 95.1 cm³/mol. The lowest BCUT2D eigenvalue weighted by Gasteiger charge is -2.34. The minimum Gasteiger partial charge on any atom is -0.370 e. The lowest BCUT2D eigenvalue weighted by molar-refractivity contribution is -0.133. The first kappa shape index (κ1) is 19.4. The molecule has 2 N–H and O–H groups in total. The van der Waals surface area contributed by atoms with Crippen molar-refractivity contribution in [3.8, 4) is 0 Å². The summed E-state index contributed by atoms with van der Waals surface area (Å²) < 4.78 is 13.1. The van der Waals surface area contributed by atoms with Gasteiger partial charge in [0.05, 0.1) is 0 Å². The summed E-state index contributed by atoms with van der Waals surface area (Å²) in [5, 5.41) is 0. The third-order valence-electron chi connectivity index (χ3n) is 4.76. The highest BCUT2D eigenvalue weighted by molar-refractivity contribution is 5.82. The normalized spacial score (nSPS) is 19.0. The predicted octanol–water partition coefficient (Wildman–Crippen LogP) is 2.15. The second-order valence-electron chi connectivity index (χ2n) is 7.07. The van der Waals surface area contributed by atoms with Gasteiger partial charge in [-0.05, 0) is 30.0 Å². The molecular weight excluding hydrogens is 321 g/mol. The van der Waals surface area contributed by atoms with Crippen LogP contribution in [0, 0.1) is 11.7 Å². The Morgan fingerprint density at radius 1 is 1.20 bits per heavy atom. The van der Waals surface area contributed by atoms with Gasteiger partial charge in [-0.15, -0.1) is 0 Å². The van der Waals surface area contributed by atoms with Gasteiger partial charge in [0.2, 0.25) is 11.8 Å². The highest BCUT2D eigenvalue weighted by Crippen LogP contribution is 2.20. The quantitative estimate of drug-likeness (QED) is 0.856. The van der Waals surface area contributed by atoms with Crippen LogP contribution in [0.5, 0.6) is 0 Å². The first-order valence-electron chi connectivity index (χ1n) is 8.91. The van der Waals surface area contributed by atoms with Crippen molar-refractivity contribution >= 4 is 11.8 Å². The maximum absolute atomic E-state index is 13.1. The number of carbonyl (C=O) groups excluding carboxylic acids is 2. The van der Waals surface area contributed by atoms with Crippen molar-refractivity contribution in [3.63, 3.8) is 0 Å². The Balaban J connectivity index is 2.05. The zero-order chi connectivity index (χ0) is 18.4. The molecular formula is C19H28FN3O2. The summed E-state index contributed by atoms with van der Waals surface area (Å²) >= 11 is 0. The molecule has 1 heterocycles. The van der Waals surface area contributed by atoms with E-state index in [9.17, 15) is 14.0 Å². The van der Waals surface area contributed by atoms with Crippen LogP contribution in [0.1, 0.15) is 38.7 Å². The van der Waals surface area contributed by atoms with Crippen LogP contribution in [0.3, 0.4) is 0 Å². The molecule has 0 aromatic heterocycles. The van der Waals surface area contributed by atoms with Crippen LogP contribution < -0.4 is 5.73 Å². The van der Waals surface area contributed by atoms with Crippen LogP contribution in [0.25, 0.3) is 0 Å². The van der Waals surface area contributed by atoms with E-state index in [0.717, 1.165) is 25.1 Å². The second kappa shape index (κ2) is 8.94. The Hall–Kier alpha value is -1.95. The first-order valence-corrected chi connectivity index (χ1v) is 8.91. The van der Waals surface area contributed by atoms with Gasteiger partial charge in [0.15, 0.2) is 0 Å². The Kier molecular flexibility index (Phi) is 6.93. The van der Waals surface area contributed by atoms with E-state index in [2.05, 4.69) is 18.7 Å². The average molecular weight is 349 g/mol. The third-order valence-corrected chi connectivity index (χ3v) is 4.76. The fourth-order valence-corrected chi connectivity index (χ4v) is 3.33. The van der Waals surface area contributed by atoms with Gasteiger partial charge in [-0.2, -0.15) is 0 Å². The van der Waals surface area contributed by atoms with Crippen LogP contribution in [0.4, 0.5) is 4.39 Å². The fraction of sp³-hybridized carbons (Fsp3) is 0.579. The molecule has 1 aliphatic heterocycles. The minimum atomic E-state index is -0.443. The van der Waals surface area contributed by atoms with E-state index in [1.165, 1.54) is 12.1 Å².